The number of aromatic hydroxyl groups is 1. The van der Waals surface area contributed by atoms with Gasteiger partial charge in [0.15, 0.2) is 0 Å². The van der Waals surface area contributed by atoms with Crippen molar-refractivity contribution >= 4 is 17.7 Å². The van der Waals surface area contributed by atoms with Crippen LogP contribution < -0.4 is 21.1 Å². The van der Waals surface area contributed by atoms with Crippen molar-refractivity contribution in [2.45, 2.75) is 6.42 Å². The number of primary amides is 1. The summed E-state index contributed by atoms with van der Waals surface area (Å²) in [5.74, 6) is 0.0878. The molecule has 3 aromatic carbocycles. The number of amides is 3. The minimum absolute atomic E-state index is 0.0299. The van der Waals surface area contributed by atoms with Crippen molar-refractivity contribution in [3.8, 4) is 17.2 Å². The van der Waals surface area contributed by atoms with E-state index in [1.807, 2.05) is 0 Å². The van der Waals surface area contributed by atoms with Crippen LogP contribution in [-0.4, -0.2) is 35.9 Å². The number of hydrogen-bond acceptors (Lipinski definition) is 5. The van der Waals surface area contributed by atoms with Gasteiger partial charge >= 0.3 is 0 Å². The molecule has 8 nitrogen and oxygen atoms in total. The third-order valence-corrected chi connectivity index (χ3v) is 4.52. The average Bonchev–Trinajstić information content (AvgIpc) is 2.79. The highest BCUT2D eigenvalue weighted by Gasteiger charge is 2.08. The number of carbonyl (C=O) groups is 3. The molecule has 32 heavy (non-hydrogen) atoms. The van der Waals surface area contributed by atoms with E-state index in [9.17, 15) is 19.5 Å². The molecule has 0 spiro atoms. The normalized spacial score (nSPS) is 10.2. The maximum absolute atomic E-state index is 12.3. The summed E-state index contributed by atoms with van der Waals surface area (Å²) in [6.45, 7) is 0.777. The summed E-state index contributed by atoms with van der Waals surface area (Å²) in [5, 5.41) is 14.9. The van der Waals surface area contributed by atoms with Crippen LogP contribution in [0, 0.1) is 0 Å². The number of carbonyl (C=O) groups excluding carboxylic acids is 3. The monoisotopic (exact) mass is 433 g/mol. The third kappa shape index (κ3) is 6.33. The molecule has 0 fully saturated rings. The Kier molecular flexibility index (Phi) is 7.42. The van der Waals surface area contributed by atoms with Gasteiger partial charge in [0.25, 0.3) is 11.8 Å². The van der Waals surface area contributed by atoms with E-state index < -0.39 is 5.91 Å². The van der Waals surface area contributed by atoms with Crippen molar-refractivity contribution in [2.75, 3.05) is 13.1 Å². The quantitative estimate of drug-likeness (QED) is 0.386. The lowest BCUT2D eigenvalue weighted by Gasteiger charge is -2.09. The second kappa shape index (κ2) is 10.6. The SMILES string of the molecule is NC(=O)c1ccc(Oc2ccc(C(=O)NCCCNC(=O)c3cccc(O)c3)cc2)cc1. The van der Waals surface area contributed by atoms with E-state index in [1.54, 1.807) is 60.7 Å². The number of phenols is 1. The Balaban J connectivity index is 1.40. The zero-order valence-electron chi connectivity index (χ0n) is 17.2. The highest BCUT2D eigenvalue weighted by molar-refractivity contribution is 5.95. The lowest BCUT2D eigenvalue weighted by atomic mass is 10.2. The molecule has 8 heteroatoms. The van der Waals surface area contributed by atoms with Crippen LogP contribution in [0.4, 0.5) is 0 Å². The molecular formula is C24H23N3O5. The summed E-state index contributed by atoms with van der Waals surface area (Å²) < 4.78 is 5.69. The smallest absolute Gasteiger partial charge is 0.251 e. The van der Waals surface area contributed by atoms with E-state index in [0.717, 1.165) is 0 Å². The molecule has 0 aliphatic carbocycles. The largest absolute Gasteiger partial charge is 0.508 e. The van der Waals surface area contributed by atoms with Crippen molar-refractivity contribution < 1.29 is 24.2 Å². The molecule has 0 saturated carbocycles. The number of rotatable bonds is 9. The highest BCUT2D eigenvalue weighted by Crippen LogP contribution is 2.22. The van der Waals surface area contributed by atoms with Gasteiger partial charge in [-0.1, -0.05) is 6.07 Å². The number of nitrogens with one attached hydrogen (secondary N) is 2. The first kappa shape index (κ1) is 22.4. The van der Waals surface area contributed by atoms with Crippen molar-refractivity contribution in [3.05, 3.63) is 89.5 Å². The standard InChI is InChI=1S/C24H23N3O5/c25-22(29)16-5-9-20(10-6-16)32-21-11-7-17(8-12-21)23(30)26-13-2-14-27-24(31)18-3-1-4-19(28)15-18/h1,3-12,15,28H,2,13-14H2,(H2,25,29)(H,26,30)(H,27,31). The molecule has 0 aliphatic rings. The topological polar surface area (TPSA) is 131 Å². The molecule has 0 unspecified atom stereocenters. The Morgan fingerprint density at radius 1 is 0.750 bits per heavy atom. The zero-order chi connectivity index (χ0) is 22.9. The number of benzene rings is 3. The average molecular weight is 433 g/mol. The van der Waals surface area contributed by atoms with E-state index >= 15 is 0 Å². The Bertz CT molecular complexity index is 1100. The summed E-state index contributed by atoms with van der Waals surface area (Å²) in [5.41, 5.74) is 6.45. The summed E-state index contributed by atoms with van der Waals surface area (Å²) in [4.78, 5) is 35.3. The van der Waals surface area contributed by atoms with Crippen LogP contribution in [-0.2, 0) is 0 Å². The molecule has 3 aromatic rings. The Hall–Kier alpha value is -4.33. The predicted molar refractivity (Wildman–Crippen MR) is 119 cm³/mol. The first-order valence-corrected chi connectivity index (χ1v) is 9.95. The van der Waals surface area contributed by atoms with E-state index in [-0.39, 0.29) is 17.6 Å². The number of hydrogen-bond donors (Lipinski definition) is 4. The molecule has 3 rings (SSSR count). The van der Waals surface area contributed by atoms with Crippen molar-refractivity contribution in [1.82, 2.24) is 10.6 Å². The summed E-state index contributed by atoms with van der Waals surface area (Å²) >= 11 is 0. The summed E-state index contributed by atoms with van der Waals surface area (Å²) in [6, 6.07) is 19.2. The second-order valence-electron chi connectivity index (χ2n) is 6.93. The molecule has 164 valence electrons. The van der Waals surface area contributed by atoms with Gasteiger partial charge in [-0.05, 0) is 73.2 Å². The van der Waals surface area contributed by atoms with Gasteiger partial charge in [0.1, 0.15) is 17.2 Å². The Morgan fingerprint density at radius 2 is 1.28 bits per heavy atom. The Morgan fingerprint density at radius 3 is 1.81 bits per heavy atom. The molecule has 5 N–H and O–H groups in total. The fourth-order valence-corrected chi connectivity index (χ4v) is 2.84. The van der Waals surface area contributed by atoms with Crippen molar-refractivity contribution in [1.29, 1.82) is 0 Å². The van der Waals surface area contributed by atoms with Gasteiger partial charge in [-0.25, -0.2) is 0 Å². The van der Waals surface area contributed by atoms with Crippen LogP contribution in [0.3, 0.4) is 0 Å². The van der Waals surface area contributed by atoms with E-state index in [4.69, 9.17) is 10.5 Å². The van der Waals surface area contributed by atoms with Gasteiger partial charge in [-0.3, -0.25) is 14.4 Å². The van der Waals surface area contributed by atoms with Crippen LogP contribution in [0.2, 0.25) is 0 Å². The predicted octanol–water partition coefficient (Wildman–Crippen LogP) is 2.83. The van der Waals surface area contributed by atoms with Gasteiger partial charge in [-0.2, -0.15) is 0 Å². The second-order valence-corrected chi connectivity index (χ2v) is 6.93. The van der Waals surface area contributed by atoms with Crippen LogP contribution in [0.25, 0.3) is 0 Å². The van der Waals surface area contributed by atoms with Gasteiger partial charge in [0.2, 0.25) is 5.91 Å². The van der Waals surface area contributed by atoms with Gasteiger partial charge < -0.3 is 26.2 Å². The van der Waals surface area contributed by atoms with Crippen molar-refractivity contribution in [2.24, 2.45) is 5.73 Å². The lowest BCUT2D eigenvalue weighted by Crippen LogP contribution is -2.29. The fraction of sp³-hybridized carbons (Fsp3) is 0.125. The first-order valence-electron chi connectivity index (χ1n) is 9.95. The molecule has 0 saturated heterocycles. The van der Waals surface area contributed by atoms with E-state index in [1.165, 1.54) is 12.1 Å². The lowest BCUT2D eigenvalue weighted by molar-refractivity contribution is 0.0949. The molecule has 0 atom stereocenters. The summed E-state index contributed by atoms with van der Waals surface area (Å²) in [6.07, 6.45) is 0.554. The minimum Gasteiger partial charge on any atom is -0.508 e. The van der Waals surface area contributed by atoms with Gasteiger partial charge in [0, 0.05) is 29.8 Å². The van der Waals surface area contributed by atoms with Gasteiger partial charge in [-0.15, -0.1) is 0 Å². The van der Waals surface area contributed by atoms with Crippen LogP contribution >= 0.6 is 0 Å². The number of phenolic OH excluding ortho intramolecular Hbond substituents is 1. The molecule has 0 heterocycles. The number of nitrogens with two attached hydrogens (primary N) is 1. The van der Waals surface area contributed by atoms with Crippen molar-refractivity contribution in [3.63, 3.8) is 0 Å². The maximum Gasteiger partial charge on any atom is 0.251 e. The van der Waals surface area contributed by atoms with Gasteiger partial charge in [0.05, 0.1) is 0 Å². The van der Waals surface area contributed by atoms with Crippen LogP contribution in [0.5, 0.6) is 17.2 Å². The molecule has 0 bridgehead atoms. The molecule has 3 amide bonds. The number of ether oxygens (including phenoxy) is 1. The minimum atomic E-state index is -0.509. The third-order valence-electron chi connectivity index (χ3n) is 4.52. The van der Waals surface area contributed by atoms with E-state index in [0.29, 0.717) is 47.7 Å². The summed E-state index contributed by atoms with van der Waals surface area (Å²) in [7, 11) is 0. The van der Waals surface area contributed by atoms with Crippen LogP contribution in [0.15, 0.2) is 72.8 Å². The molecular weight excluding hydrogens is 410 g/mol. The highest BCUT2D eigenvalue weighted by atomic mass is 16.5. The maximum atomic E-state index is 12.3. The zero-order valence-corrected chi connectivity index (χ0v) is 17.2. The van der Waals surface area contributed by atoms with E-state index in [2.05, 4.69) is 10.6 Å². The first-order chi connectivity index (χ1) is 15.4. The fourth-order valence-electron chi connectivity index (χ4n) is 2.84. The Labute approximate surface area is 185 Å². The molecule has 0 radical (unpaired) electrons. The molecule has 0 aromatic heterocycles. The van der Waals surface area contributed by atoms with Crippen LogP contribution in [0.1, 0.15) is 37.5 Å². The molecule has 0 aliphatic heterocycles.